The van der Waals surface area contributed by atoms with Crippen LogP contribution in [0.25, 0.3) is 6.08 Å². The third-order valence-electron chi connectivity index (χ3n) is 7.21. The fourth-order valence-corrected chi connectivity index (χ4v) is 6.38. The van der Waals surface area contributed by atoms with Gasteiger partial charge in [-0.15, -0.1) is 0 Å². The summed E-state index contributed by atoms with van der Waals surface area (Å²) in [4.78, 5) is 10.7. The zero-order valence-corrected chi connectivity index (χ0v) is 17.4. The molecule has 2 saturated carbocycles. The summed E-state index contributed by atoms with van der Waals surface area (Å²) in [6.45, 7) is 6.49. The first-order chi connectivity index (χ1) is 12.9. The number of benzene rings is 1. The number of aliphatic hydroxyl groups is 1. The van der Waals surface area contributed by atoms with Crippen LogP contribution in [-0.4, -0.2) is 36.7 Å². The number of aliphatic carboxylic acids is 1. The van der Waals surface area contributed by atoms with Gasteiger partial charge in [0.15, 0.2) is 0 Å². The second-order valence-corrected chi connectivity index (χ2v) is 10.7. The molecule has 0 radical (unpaired) electrons. The summed E-state index contributed by atoms with van der Waals surface area (Å²) in [6.07, 6.45) is 5.88. The predicted octanol–water partition coefficient (Wildman–Crippen LogP) is 3.03. The lowest BCUT2D eigenvalue weighted by Crippen LogP contribution is -2.55. The molecular weight excluding hydrogens is 378 g/mol. The molecule has 0 saturated heterocycles. The Morgan fingerprint density at radius 3 is 2.43 bits per heavy atom. The lowest BCUT2D eigenvalue weighted by atomic mass is 9.59. The Morgan fingerprint density at radius 1 is 1.25 bits per heavy atom. The number of rotatable bonds is 7. The molecule has 0 aromatic heterocycles. The van der Waals surface area contributed by atoms with Crippen molar-refractivity contribution in [1.29, 1.82) is 0 Å². The lowest BCUT2D eigenvalue weighted by Gasteiger charge is -2.51. The van der Waals surface area contributed by atoms with Crippen LogP contribution in [0.5, 0.6) is 0 Å². The Labute approximate surface area is 166 Å². The van der Waals surface area contributed by atoms with E-state index in [1.807, 2.05) is 0 Å². The Balaban J connectivity index is 1.66. The van der Waals surface area contributed by atoms with Crippen LogP contribution in [0.15, 0.2) is 35.2 Å². The van der Waals surface area contributed by atoms with Crippen molar-refractivity contribution in [3.05, 3.63) is 35.9 Å². The molecule has 2 aliphatic rings. The normalized spacial score (nSPS) is 31.5. The number of nitrogens with one attached hydrogen (secondary N) is 1. The summed E-state index contributed by atoms with van der Waals surface area (Å²) < 4.78 is 27.8. The predicted molar refractivity (Wildman–Crippen MR) is 107 cm³/mol. The summed E-state index contributed by atoms with van der Waals surface area (Å²) in [5.74, 6) is -0.584. The maximum atomic E-state index is 12.6. The van der Waals surface area contributed by atoms with Gasteiger partial charge in [0.25, 0.3) is 0 Å². The number of hydrogen-bond donors (Lipinski definition) is 3. The molecule has 2 bridgehead atoms. The lowest BCUT2D eigenvalue weighted by molar-refractivity contribution is -0.146. The SMILES string of the molecule is CC1(C)[C@H]2CC[C@](C)(C2)[C@]1(O)CCNS(=O)(=O)c1ccc(/C=C/C(=O)O)cc1. The molecule has 7 heteroatoms. The molecule has 28 heavy (non-hydrogen) atoms. The molecule has 0 unspecified atom stereocenters. The van der Waals surface area contributed by atoms with Gasteiger partial charge in [0.1, 0.15) is 0 Å². The maximum Gasteiger partial charge on any atom is 0.328 e. The second kappa shape index (κ2) is 6.97. The fourth-order valence-electron chi connectivity index (χ4n) is 5.35. The van der Waals surface area contributed by atoms with Crippen LogP contribution < -0.4 is 4.72 Å². The van der Waals surface area contributed by atoms with Crippen LogP contribution in [0.3, 0.4) is 0 Å². The van der Waals surface area contributed by atoms with Gasteiger partial charge in [-0.2, -0.15) is 0 Å². The zero-order chi connectivity index (χ0) is 20.8. The number of carbonyl (C=O) groups is 1. The van der Waals surface area contributed by atoms with Gasteiger partial charge < -0.3 is 10.2 Å². The molecule has 1 aromatic rings. The Kier molecular flexibility index (Phi) is 5.23. The minimum atomic E-state index is -3.70. The third kappa shape index (κ3) is 3.40. The summed E-state index contributed by atoms with van der Waals surface area (Å²) in [7, 11) is -3.70. The standard InChI is InChI=1S/C21H29NO5S/c1-19(2)16-10-11-20(3,14-16)21(19,25)12-13-22-28(26,27)17-7-4-15(5-8-17)6-9-18(23)24/h4-9,16,22,25H,10-14H2,1-3H3,(H,23,24)/b9-6+/t16-,20+,21-/m0/s1. The van der Waals surface area contributed by atoms with Gasteiger partial charge in [0.05, 0.1) is 10.5 Å². The highest BCUT2D eigenvalue weighted by molar-refractivity contribution is 7.89. The van der Waals surface area contributed by atoms with Crippen LogP contribution >= 0.6 is 0 Å². The number of fused-ring (bicyclic) bond motifs is 2. The van der Waals surface area contributed by atoms with Gasteiger partial charge >= 0.3 is 5.97 Å². The average Bonchev–Trinajstić information content (AvgIpc) is 3.09. The minimum Gasteiger partial charge on any atom is -0.478 e. The molecule has 0 spiro atoms. The average molecular weight is 408 g/mol. The van der Waals surface area contributed by atoms with Crippen molar-refractivity contribution in [2.24, 2.45) is 16.7 Å². The molecule has 3 atom stereocenters. The number of carboxylic acids is 1. The topological polar surface area (TPSA) is 104 Å². The molecule has 0 amide bonds. The molecule has 0 aliphatic heterocycles. The van der Waals surface area contributed by atoms with E-state index in [9.17, 15) is 18.3 Å². The summed E-state index contributed by atoms with van der Waals surface area (Å²) in [5.41, 5.74) is -0.682. The molecule has 154 valence electrons. The summed E-state index contributed by atoms with van der Waals surface area (Å²) in [6, 6.07) is 6.01. The molecule has 2 aliphatic carbocycles. The molecule has 3 N–H and O–H groups in total. The van der Waals surface area contributed by atoms with Crippen LogP contribution in [0.1, 0.15) is 52.0 Å². The Morgan fingerprint density at radius 2 is 1.89 bits per heavy atom. The van der Waals surface area contributed by atoms with E-state index in [0.717, 1.165) is 25.3 Å². The van der Waals surface area contributed by atoms with Crippen molar-refractivity contribution in [3.63, 3.8) is 0 Å². The second-order valence-electron chi connectivity index (χ2n) is 8.97. The Hall–Kier alpha value is -1.70. The third-order valence-corrected chi connectivity index (χ3v) is 8.69. The van der Waals surface area contributed by atoms with Crippen molar-refractivity contribution in [2.75, 3.05) is 6.54 Å². The van der Waals surface area contributed by atoms with Crippen molar-refractivity contribution >= 4 is 22.1 Å². The van der Waals surface area contributed by atoms with Crippen LogP contribution in [-0.2, 0) is 14.8 Å². The molecular formula is C21H29NO5S. The van der Waals surface area contributed by atoms with Gasteiger partial charge in [0.2, 0.25) is 10.0 Å². The number of sulfonamides is 1. The number of hydrogen-bond acceptors (Lipinski definition) is 4. The summed E-state index contributed by atoms with van der Waals surface area (Å²) in [5, 5.41) is 20.1. The largest absolute Gasteiger partial charge is 0.478 e. The highest BCUT2D eigenvalue weighted by Gasteiger charge is 2.67. The van der Waals surface area contributed by atoms with E-state index in [1.54, 1.807) is 12.1 Å². The van der Waals surface area contributed by atoms with Gasteiger partial charge in [-0.1, -0.05) is 32.9 Å². The fraction of sp³-hybridized carbons (Fsp3) is 0.571. The van der Waals surface area contributed by atoms with Crippen LogP contribution in [0, 0.1) is 16.7 Å². The van der Waals surface area contributed by atoms with Gasteiger partial charge in [-0.05, 0) is 66.2 Å². The van der Waals surface area contributed by atoms with Gasteiger partial charge in [-0.3, -0.25) is 0 Å². The van der Waals surface area contributed by atoms with E-state index in [-0.39, 0.29) is 22.3 Å². The molecule has 1 aromatic carbocycles. The highest BCUT2D eigenvalue weighted by Crippen LogP contribution is 2.68. The zero-order valence-electron chi connectivity index (χ0n) is 16.6. The van der Waals surface area contributed by atoms with E-state index >= 15 is 0 Å². The van der Waals surface area contributed by atoms with Crippen molar-refractivity contribution in [2.45, 2.75) is 57.0 Å². The molecule has 0 heterocycles. The van der Waals surface area contributed by atoms with Crippen molar-refractivity contribution in [1.82, 2.24) is 4.72 Å². The van der Waals surface area contributed by atoms with E-state index in [2.05, 4.69) is 25.5 Å². The number of carboxylic acid groups (broad SMARTS) is 1. The first-order valence-corrected chi connectivity index (χ1v) is 11.1. The molecule has 6 nitrogen and oxygen atoms in total. The highest BCUT2D eigenvalue weighted by atomic mass is 32.2. The quantitative estimate of drug-likeness (QED) is 0.603. The van der Waals surface area contributed by atoms with Crippen molar-refractivity contribution in [3.8, 4) is 0 Å². The van der Waals surface area contributed by atoms with E-state index in [0.29, 0.717) is 17.9 Å². The van der Waals surface area contributed by atoms with E-state index in [1.165, 1.54) is 18.2 Å². The van der Waals surface area contributed by atoms with E-state index in [4.69, 9.17) is 5.11 Å². The minimum absolute atomic E-state index is 0.116. The van der Waals surface area contributed by atoms with Gasteiger partial charge in [-0.25, -0.2) is 17.9 Å². The molecule has 2 fully saturated rings. The first kappa shape index (κ1) is 21.0. The van der Waals surface area contributed by atoms with Crippen LogP contribution in [0.2, 0.25) is 0 Å². The first-order valence-electron chi connectivity index (χ1n) is 9.64. The van der Waals surface area contributed by atoms with Crippen molar-refractivity contribution < 1.29 is 23.4 Å². The monoisotopic (exact) mass is 407 g/mol. The van der Waals surface area contributed by atoms with Crippen LogP contribution in [0.4, 0.5) is 0 Å². The van der Waals surface area contributed by atoms with Gasteiger partial charge in [0, 0.05) is 12.6 Å². The smallest absolute Gasteiger partial charge is 0.328 e. The maximum absolute atomic E-state index is 12.6. The Bertz CT molecular complexity index is 883. The molecule has 3 rings (SSSR count). The summed E-state index contributed by atoms with van der Waals surface area (Å²) >= 11 is 0. The van der Waals surface area contributed by atoms with E-state index < -0.39 is 21.6 Å².